The molecule has 0 aromatic carbocycles. The van der Waals surface area contributed by atoms with Crippen molar-refractivity contribution in [2.75, 3.05) is 6.54 Å². The summed E-state index contributed by atoms with van der Waals surface area (Å²) < 4.78 is 0. The van der Waals surface area contributed by atoms with Gasteiger partial charge in [-0.3, -0.25) is 4.99 Å². The lowest BCUT2D eigenvalue weighted by Crippen LogP contribution is -2.44. The van der Waals surface area contributed by atoms with Crippen molar-refractivity contribution in [3.63, 3.8) is 0 Å². The molecule has 0 spiro atoms. The number of aliphatic hydroxyl groups excluding tert-OH is 4. The number of aliphatic imine (C=N–C) groups is 1. The van der Waals surface area contributed by atoms with Crippen LogP contribution in [0, 0.1) is 0 Å². The molecule has 0 saturated carbocycles. The molecule has 0 heterocycles. The first-order valence-electron chi connectivity index (χ1n) is 4.73. The summed E-state index contributed by atoms with van der Waals surface area (Å²) in [6.45, 7) is 3.84. The Labute approximate surface area is 83.7 Å². The molecule has 4 atom stereocenters. The van der Waals surface area contributed by atoms with Crippen molar-refractivity contribution in [1.29, 1.82) is 0 Å². The Morgan fingerprint density at radius 1 is 1.14 bits per heavy atom. The van der Waals surface area contributed by atoms with E-state index in [1.165, 1.54) is 13.1 Å². The number of hydrogen-bond donors (Lipinski definition) is 4. The highest BCUT2D eigenvalue weighted by Crippen LogP contribution is 2.03. The molecule has 0 aromatic rings. The second-order valence-corrected chi connectivity index (χ2v) is 3.27. The van der Waals surface area contributed by atoms with Crippen molar-refractivity contribution in [3.8, 4) is 0 Å². The highest BCUT2D eigenvalue weighted by atomic mass is 16.4. The third kappa shape index (κ3) is 4.66. The lowest BCUT2D eigenvalue weighted by Gasteiger charge is -2.22. The quantitative estimate of drug-likeness (QED) is 0.415. The summed E-state index contributed by atoms with van der Waals surface area (Å²) in [5, 5.41) is 36.7. The highest BCUT2D eigenvalue weighted by molar-refractivity contribution is 5.63. The summed E-state index contributed by atoms with van der Waals surface area (Å²) in [4.78, 5) is 3.82. The van der Waals surface area contributed by atoms with Crippen LogP contribution in [0.15, 0.2) is 4.99 Å². The van der Waals surface area contributed by atoms with Crippen molar-refractivity contribution in [2.45, 2.75) is 44.7 Å². The minimum Gasteiger partial charge on any atom is -0.391 e. The zero-order valence-electron chi connectivity index (χ0n) is 8.54. The van der Waals surface area contributed by atoms with Crippen LogP contribution in [0.1, 0.15) is 20.3 Å². The molecule has 0 radical (unpaired) electrons. The fourth-order valence-electron chi connectivity index (χ4n) is 0.887. The van der Waals surface area contributed by atoms with E-state index in [4.69, 9.17) is 5.11 Å². The van der Waals surface area contributed by atoms with Crippen LogP contribution in [-0.2, 0) is 0 Å². The van der Waals surface area contributed by atoms with E-state index in [1.807, 2.05) is 6.92 Å². The van der Waals surface area contributed by atoms with Gasteiger partial charge in [0.25, 0.3) is 0 Å². The third-order valence-electron chi connectivity index (χ3n) is 1.80. The molecule has 0 rings (SSSR count). The second-order valence-electron chi connectivity index (χ2n) is 3.27. The zero-order valence-corrected chi connectivity index (χ0v) is 8.54. The lowest BCUT2D eigenvalue weighted by atomic mass is 10.1. The maximum absolute atomic E-state index is 9.30. The van der Waals surface area contributed by atoms with E-state index < -0.39 is 24.4 Å². The van der Waals surface area contributed by atoms with Gasteiger partial charge < -0.3 is 20.4 Å². The van der Waals surface area contributed by atoms with E-state index in [2.05, 4.69) is 4.99 Å². The minimum absolute atomic E-state index is 0.564. The molecular weight excluding hydrogens is 186 g/mol. The summed E-state index contributed by atoms with van der Waals surface area (Å²) in [7, 11) is 0. The molecule has 4 N–H and O–H groups in total. The second kappa shape index (κ2) is 6.89. The molecule has 5 heteroatoms. The zero-order chi connectivity index (χ0) is 11.1. The molecule has 0 unspecified atom stereocenters. The molecule has 5 nitrogen and oxygen atoms in total. The number of rotatable bonds is 6. The van der Waals surface area contributed by atoms with E-state index in [9.17, 15) is 15.3 Å². The van der Waals surface area contributed by atoms with Crippen molar-refractivity contribution in [2.24, 2.45) is 4.99 Å². The van der Waals surface area contributed by atoms with E-state index in [1.54, 1.807) is 0 Å². The Hall–Kier alpha value is -0.490. The molecule has 0 bridgehead atoms. The normalized spacial score (nSPS) is 20.7. The van der Waals surface area contributed by atoms with Gasteiger partial charge in [-0.25, -0.2) is 0 Å². The van der Waals surface area contributed by atoms with Gasteiger partial charge in [-0.1, -0.05) is 6.92 Å². The standard InChI is InChI=1S/C9H19NO4/c1-3-4-10-5-7(12)9(14)8(13)6(2)11/h5-9,11-14H,3-4H2,1-2H3/t6-,7+,8+,9-/m0/s1. The SMILES string of the molecule is CCCN=C[C@@H](O)[C@H](O)[C@H](O)[C@H](C)O. The van der Waals surface area contributed by atoms with Crippen LogP contribution in [0.5, 0.6) is 0 Å². The van der Waals surface area contributed by atoms with E-state index in [-0.39, 0.29) is 0 Å². The maximum atomic E-state index is 9.30. The molecule has 0 amide bonds. The monoisotopic (exact) mass is 205 g/mol. The lowest BCUT2D eigenvalue weighted by molar-refractivity contribution is -0.0821. The predicted octanol–water partition coefficient (Wildman–Crippen LogP) is -1.07. The summed E-state index contributed by atoms with van der Waals surface area (Å²) in [6, 6.07) is 0. The van der Waals surface area contributed by atoms with Crippen molar-refractivity contribution >= 4 is 6.21 Å². The van der Waals surface area contributed by atoms with Crippen molar-refractivity contribution < 1.29 is 20.4 Å². The first kappa shape index (κ1) is 13.5. The van der Waals surface area contributed by atoms with Gasteiger partial charge in [-0.2, -0.15) is 0 Å². The van der Waals surface area contributed by atoms with Gasteiger partial charge in [0.2, 0.25) is 0 Å². The molecule has 14 heavy (non-hydrogen) atoms. The molecule has 84 valence electrons. The average molecular weight is 205 g/mol. The third-order valence-corrected chi connectivity index (χ3v) is 1.80. The number of aliphatic hydroxyl groups is 4. The van der Waals surface area contributed by atoms with Gasteiger partial charge in [-0.05, 0) is 13.3 Å². The van der Waals surface area contributed by atoms with Crippen LogP contribution in [0.4, 0.5) is 0 Å². The Morgan fingerprint density at radius 2 is 1.71 bits per heavy atom. The van der Waals surface area contributed by atoms with Crippen LogP contribution in [0.3, 0.4) is 0 Å². The fourth-order valence-corrected chi connectivity index (χ4v) is 0.887. The van der Waals surface area contributed by atoms with E-state index >= 15 is 0 Å². The fraction of sp³-hybridized carbons (Fsp3) is 0.889. The molecule has 0 aliphatic carbocycles. The van der Waals surface area contributed by atoms with Crippen molar-refractivity contribution in [3.05, 3.63) is 0 Å². The van der Waals surface area contributed by atoms with E-state index in [0.29, 0.717) is 6.54 Å². The van der Waals surface area contributed by atoms with Gasteiger partial charge in [0.05, 0.1) is 6.10 Å². The van der Waals surface area contributed by atoms with Crippen LogP contribution in [0.2, 0.25) is 0 Å². The average Bonchev–Trinajstić information content (AvgIpc) is 2.15. The van der Waals surface area contributed by atoms with Gasteiger partial charge in [0.1, 0.15) is 18.3 Å². The topological polar surface area (TPSA) is 93.3 Å². The minimum atomic E-state index is -1.41. The van der Waals surface area contributed by atoms with E-state index in [0.717, 1.165) is 6.42 Å². The predicted molar refractivity (Wildman–Crippen MR) is 53.4 cm³/mol. The smallest absolute Gasteiger partial charge is 0.117 e. The van der Waals surface area contributed by atoms with Crippen LogP contribution in [-0.4, -0.2) is 57.6 Å². The van der Waals surface area contributed by atoms with Gasteiger partial charge in [0, 0.05) is 12.8 Å². The van der Waals surface area contributed by atoms with Gasteiger partial charge in [-0.15, -0.1) is 0 Å². The number of nitrogens with zero attached hydrogens (tertiary/aromatic N) is 1. The Balaban J connectivity index is 4.03. The summed E-state index contributed by atoms with van der Waals surface area (Å²) in [5.74, 6) is 0. The molecule has 0 aliphatic heterocycles. The Bertz CT molecular complexity index is 172. The molecule has 0 fully saturated rings. The van der Waals surface area contributed by atoms with Crippen molar-refractivity contribution in [1.82, 2.24) is 0 Å². The first-order chi connectivity index (χ1) is 6.50. The number of hydrogen-bond acceptors (Lipinski definition) is 5. The Kier molecular flexibility index (Phi) is 6.65. The maximum Gasteiger partial charge on any atom is 0.117 e. The summed E-state index contributed by atoms with van der Waals surface area (Å²) in [6.07, 6.45) is -3.07. The van der Waals surface area contributed by atoms with Crippen LogP contribution in [0.25, 0.3) is 0 Å². The summed E-state index contributed by atoms with van der Waals surface area (Å²) in [5.41, 5.74) is 0. The first-order valence-corrected chi connectivity index (χ1v) is 4.73. The molecular formula is C9H19NO4. The van der Waals surface area contributed by atoms with Crippen LogP contribution >= 0.6 is 0 Å². The molecule has 0 saturated heterocycles. The van der Waals surface area contributed by atoms with Gasteiger partial charge in [0.15, 0.2) is 0 Å². The molecule has 0 aliphatic rings. The van der Waals surface area contributed by atoms with Crippen LogP contribution < -0.4 is 0 Å². The summed E-state index contributed by atoms with van der Waals surface area (Å²) >= 11 is 0. The van der Waals surface area contributed by atoms with Gasteiger partial charge >= 0.3 is 0 Å². The Morgan fingerprint density at radius 3 is 2.14 bits per heavy atom. The largest absolute Gasteiger partial charge is 0.391 e. The highest BCUT2D eigenvalue weighted by Gasteiger charge is 2.26. The molecule has 0 aromatic heterocycles.